The van der Waals surface area contributed by atoms with Gasteiger partial charge in [0.25, 0.3) is 0 Å². The number of fused-ring (bicyclic) bond motifs is 9. The van der Waals surface area contributed by atoms with E-state index < -0.39 is 0 Å². The highest BCUT2D eigenvalue weighted by Crippen LogP contribution is 2.47. The van der Waals surface area contributed by atoms with E-state index >= 15 is 0 Å². The predicted octanol–water partition coefficient (Wildman–Crippen LogP) is 15.9. The van der Waals surface area contributed by atoms with Gasteiger partial charge in [-0.25, -0.2) is 0 Å². The molecule has 9 aromatic carbocycles. The van der Waals surface area contributed by atoms with E-state index in [0.717, 1.165) is 116 Å². The topological polar surface area (TPSA) is 42.7 Å². The van der Waals surface area contributed by atoms with Crippen LogP contribution in [0.3, 0.4) is 0 Å². The molecule has 0 N–H and O–H groups in total. The number of nitrogens with zero attached hydrogens (tertiary/aromatic N) is 1. The van der Waals surface area contributed by atoms with Crippen molar-refractivity contribution in [3.8, 4) is 33.4 Å². The van der Waals surface area contributed by atoms with Crippen LogP contribution < -0.4 is 4.90 Å². The van der Waals surface area contributed by atoms with Gasteiger partial charge in [-0.15, -0.1) is 0 Å². The van der Waals surface area contributed by atoms with Crippen LogP contribution in [-0.4, -0.2) is 0 Å². The monoisotopic (exact) mass is 743 g/mol. The highest BCUT2D eigenvalue weighted by atomic mass is 16.3. The van der Waals surface area contributed by atoms with Crippen LogP contribution >= 0.6 is 0 Å². The van der Waals surface area contributed by atoms with Crippen LogP contribution in [0.25, 0.3) is 99.2 Å². The summed E-state index contributed by atoms with van der Waals surface area (Å²) in [6.45, 7) is 0. The summed E-state index contributed by atoms with van der Waals surface area (Å²) < 4.78 is 20.1. The Kier molecular flexibility index (Phi) is 7.20. The SMILES string of the molecule is c1ccc(-c2cccc(N(c3ccc(-c4cccc5c4oc4c(-c6ccccc6)c6c(cc45)oc4ccccc46)cc3)c3cccc4c3oc3ccccc34)c2)cc1. The van der Waals surface area contributed by atoms with Crippen molar-refractivity contribution in [1.82, 2.24) is 0 Å². The van der Waals surface area contributed by atoms with Crippen molar-refractivity contribution in [2.24, 2.45) is 0 Å². The minimum absolute atomic E-state index is 0.845. The molecule has 3 heterocycles. The van der Waals surface area contributed by atoms with Gasteiger partial charge < -0.3 is 18.2 Å². The summed E-state index contributed by atoms with van der Waals surface area (Å²) in [4.78, 5) is 2.30. The highest BCUT2D eigenvalue weighted by molar-refractivity contribution is 6.24. The van der Waals surface area contributed by atoms with E-state index in [1.54, 1.807) is 0 Å². The Bertz CT molecular complexity index is 3500. The third-order valence-corrected chi connectivity index (χ3v) is 11.5. The Hall–Kier alpha value is -7.82. The number of anilines is 3. The molecule has 0 aliphatic rings. The molecule has 0 radical (unpaired) electrons. The molecular formula is C54H33NO3. The number of hydrogen-bond acceptors (Lipinski definition) is 4. The van der Waals surface area contributed by atoms with Crippen molar-refractivity contribution < 1.29 is 13.3 Å². The largest absolute Gasteiger partial charge is 0.456 e. The first-order valence-corrected chi connectivity index (χ1v) is 19.6. The van der Waals surface area contributed by atoms with Crippen molar-refractivity contribution >= 4 is 82.9 Å². The van der Waals surface area contributed by atoms with E-state index in [1.165, 1.54) is 0 Å². The summed E-state index contributed by atoms with van der Waals surface area (Å²) in [5, 5.41) is 6.40. The number of furan rings is 3. The van der Waals surface area contributed by atoms with E-state index in [4.69, 9.17) is 13.3 Å². The van der Waals surface area contributed by atoms with E-state index in [1.807, 2.05) is 30.3 Å². The van der Waals surface area contributed by atoms with Crippen molar-refractivity contribution in [1.29, 1.82) is 0 Å². The van der Waals surface area contributed by atoms with Crippen LogP contribution in [0.15, 0.2) is 213 Å². The molecule has 0 saturated carbocycles. The average Bonchev–Trinajstić information content (AvgIpc) is 3.98. The van der Waals surface area contributed by atoms with Gasteiger partial charge in [-0.2, -0.15) is 0 Å². The van der Waals surface area contributed by atoms with Gasteiger partial charge >= 0.3 is 0 Å². The lowest BCUT2D eigenvalue weighted by Gasteiger charge is -2.26. The lowest BCUT2D eigenvalue weighted by Crippen LogP contribution is -2.10. The first kappa shape index (κ1) is 32.4. The smallest absolute Gasteiger partial charge is 0.159 e. The maximum atomic E-state index is 7.03. The molecule has 0 fully saturated rings. The molecule has 0 amide bonds. The molecule has 4 nitrogen and oxygen atoms in total. The summed E-state index contributed by atoms with van der Waals surface area (Å²) >= 11 is 0. The summed E-state index contributed by atoms with van der Waals surface area (Å²) in [6, 6.07) is 70.0. The fourth-order valence-corrected chi connectivity index (χ4v) is 8.82. The van der Waals surface area contributed by atoms with Crippen molar-refractivity contribution in [3.63, 3.8) is 0 Å². The Morgan fingerprint density at radius 3 is 1.72 bits per heavy atom. The van der Waals surface area contributed by atoms with Crippen molar-refractivity contribution in [3.05, 3.63) is 200 Å². The quantitative estimate of drug-likeness (QED) is 0.170. The van der Waals surface area contributed by atoms with Gasteiger partial charge in [-0.3, -0.25) is 0 Å². The zero-order valence-electron chi connectivity index (χ0n) is 31.2. The second-order valence-corrected chi connectivity index (χ2v) is 14.8. The van der Waals surface area contributed by atoms with E-state index in [2.05, 4.69) is 175 Å². The normalized spacial score (nSPS) is 11.8. The van der Waals surface area contributed by atoms with Gasteiger partial charge in [0.05, 0.1) is 5.69 Å². The molecule has 12 rings (SSSR count). The third kappa shape index (κ3) is 5.02. The molecule has 3 aromatic heterocycles. The molecule has 0 spiro atoms. The summed E-state index contributed by atoms with van der Waals surface area (Å²) in [5.41, 5.74) is 14.7. The highest BCUT2D eigenvalue weighted by Gasteiger charge is 2.23. The maximum Gasteiger partial charge on any atom is 0.159 e. The molecular weight excluding hydrogens is 711 g/mol. The number of hydrogen-bond donors (Lipinski definition) is 0. The lowest BCUT2D eigenvalue weighted by atomic mass is 9.96. The Labute approximate surface area is 333 Å². The molecule has 4 heteroatoms. The molecule has 12 aromatic rings. The minimum atomic E-state index is 0.845. The molecule has 0 aliphatic carbocycles. The second kappa shape index (κ2) is 12.9. The maximum absolute atomic E-state index is 7.03. The van der Waals surface area contributed by atoms with Gasteiger partial charge in [-0.1, -0.05) is 152 Å². The fraction of sp³-hybridized carbons (Fsp3) is 0. The predicted molar refractivity (Wildman–Crippen MR) is 239 cm³/mol. The van der Waals surface area contributed by atoms with Crippen LogP contribution in [0.2, 0.25) is 0 Å². The van der Waals surface area contributed by atoms with Crippen molar-refractivity contribution in [2.75, 3.05) is 4.90 Å². The zero-order valence-corrected chi connectivity index (χ0v) is 31.2. The summed E-state index contributed by atoms with van der Waals surface area (Å²) in [6.07, 6.45) is 0. The summed E-state index contributed by atoms with van der Waals surface area (Å²) in [5.74, 6) is 0. The Morgan fingerprint density at radius 2 is 0.931 bits per heavy atom. The Morgan fingerprint density at radius 1 is 0.310 bits per heavy atom. The molecule has 0 aliphatic heterocycles. The van der Waals surface area contributed by atoms with Gasteiger partial charge in [0, 0.05) is 54.8 Å². The van der Waals surface area contributed by atoms with Crippen LogP contribution in [-0.2, 0) is 0 Å². The van der Waals surface area contributed by atoms with Gasteiger partial charge in [0.1, 0.15) is 27.9 Å². The molecule has 272 valence electrons. The molecule has 0 unspecified atom stereocenters. The van der Waals surface area contributed by atoms with Crippen LogP contribution in [0.5, 0.6) is 0 Å². The van der Waals surface area contributed by atoms with Gasteiger partial charge in [0.2, 0.25) is 0 Å². The van der Waals surface area contributed by atoms with Gasteiger partial charge in [0.15, 0.2) is 5.58 Å². The van der Waals surface area contributed by atoms with E-state index in [9.17, 15) is 0 Å². The first-order chi connectivity index (χ1) is 28.8. The standard InChI is InChI=1S/C54H33NO3/c1-3-14-34(15-4-1)37-18-11-19-39(32-37)55(46-25-13-24-42-41-20-7-9-26-47(41)57-53(42)46)38-30-28-35(29-31-38)40-22-12-23-43-45-33-49-51(44-21-8-10-27-48(44)56-49)50(54(45)58-52(40)43)36-16-5-2-6-17-36/h1-33H. The second-order valence-electron chi connectivity index (χ2n) is 14.8. The molecule has 0 saturated heterocycles. The third-order valence-electron chi connectivity index (χ3n) is 11.5. The van der Waals surface area contributed by atoms with Crippen LogP contribution in [0, 0.1) is 0 Å². The number of benzene rings is 9. The van der Waals surface area contributed by atoms with Crippen molar-refractivity contribution in [2.45, 2.75) is 0 Å². The van der Waals surface area contributed by atoms with Crippen LogP contribution in [0.4, 0.5) is 17.1 Å². The molecule has 0 atom stereocenters. The van der Waals surface area contributed by atoms with E-state index in [0.29, 0.717) is 0 Å². The van der Waals surface area contributed by atoms with Crippen LogP contribution in [0.1, 0.15) is 0 Å². The molecule has 58 heavy (non-hydrogen) atoms. The van der Waals surface area contributed by atoms with Gasteiger partial charge in [-0.05, 0) is 70.8 Å². The summed E-state index contributed by atoms with van der Waals surface area (Å²) in [7, 11) is 0. The zero-order chi connectivity index (χ0) is 38.2. The molecule has 0 bridgehead atoms. The first-order valence-electron chi connectivity index (χ1n) is 19.6. The fourth-order valence-electron chi connectivity index (χ4n) is 8.82. The Balaban J connectivity index is 1.04. The number of para-hydroxylation sites is 4. The van der Waals surface area contributed by atoms with E-state index in [-0.39, 0.29) is 0 Å². The lowest BCUT2D eigenvalue weighted by molar-refractivity contribution is 0.665. The minimum Gasteiger partial charge on any atom is -0.456 e. The average molecular weight is 744 g/mol. The number of rotatable bonds is 6.